The van der Waals surface area contributed by atoms with Crippen LogP contribution in [0.5, 0.6) is 0 Å². The summed E-state index contributed by atoms with van der Waals surface area (Å²) in [6, 6.07) is 12.2. The molecule has 10 heteroatoms. The van der Waals surface area contributed by atoms with Crippen molar-refractivity contribution in [2.45, 2.75) is 50.5 Å². The Morgan fingerprint density at radius 2 is 1.88 bits per heavy atom. The molecule has 6 atom stereocenters. The van der Waals surface area contributed by atoms with Crippen molar-refractivity contribution < 1.29 is 35.1 Å². The van der Waals surface area contributed by atoms with E-state index >= 15 is 0 Å². The minimum absolute atomic E-state index is 0.0431. The molecule has 180 valence electrons. The van der Waals surface area contributed by atoms with E-state index < -0.39 is 43.2 Å². The summed E-state index contributed by atoms with van der Waals surface area (Å²) in [5.41, 5.74) is 3.70. The smallest absolute Gasteiger partial charge is 0.159 e. The minimum atomic E-state index is -1.57. The fourth-order valence-corrected chi connectivity index (χ4v) is 4.12. The standard InChI is InChI=1S/C24H27N3O7/c1-12-8-16(27-10-18(25-26-27)15-5-3-4-14(9-15)13(2)29)6-7-17(12)20(30)24-23(33)22(32)21(31)19(11-28)34-24/h3-10,19-24,28,30-33H,11H2,1-2H3/t19?,20-,21-,22+,23?,24-/m1/s1. The first kappa shape index (κ1) is 24.1. The van der Waals surface area contributed by atoms with Crippen molar-refractivity contribution >= 4 is 5.78 Å². The summed E-state index contributed by atoms with van der Waals surface area (Å²) in [6.45, 7) is 2.69. The summed E-state index contributed by atoms with van der Waals surface area (Å²) in [4.78, 5) is 11.7. The maximum Gasteiger partial charge on any atom is 0.159 e. The number of hydrogen-bond donors (Lipinski definition) is 5. The number of nitrogens with zero attached hydrogens (tertiary/aromatic N) is 3. The van der Waals surface area contributed by atoms with Crippen LogP contribution < -0.4 is 0 Å². The fourth-order valence-electron chi connectivity index (χ4n) is 4.12. The molecule has 1 aliphatic rings. The van der Waals surface area contributed by atoms with Gasteiger partial charge in [-0.2, -0.15) is 0 Å². The number of hydrogen-bond acceptors (Lipinski definition) is 9. The zero-order valence-electron chi connectivity index (χ0n) is 18.7. The normalized spacial score (nSPS) is 25.8. The van der Waals surface area contributed by atoms with Gasteiger partial charge in [-0.15, -0.1) is 5.10 Å². The highest BCUT2D eigenvalue weighted by Gasteiger charge is 2.46. The maximum absolute atomic E-state index is 11.7. The molecular formula is C24H27N3O7. The van der Waals surface area contributed by atoms with Crippen LogP contribution in [-0.4, -0.2) is 83.4 Å². The monoisotopic (exact) mass is 469 g/mol. The molecule has 1 aliphatic heterocycles. The van der Waals surface area contributed by atoms with Crippen LogP contribution in [0.4, 0.5) is 0 Å². The molecule has 0 aliphatic carbocycles. The van der Waals surface area contributed by atoms with E-state index in [1.54, 1.807) is 54.2 Å². The quantitative estimate of drug-likeness (QED) is 0.321. The molecule has 34 heavy (non-hydrogen) atoms. The molecule has 2 aromatic carbocycles. The molecular weight excluding hydrogens is 442 g/mol. The first-order valence-electron chi connectivity index (χ1n) is 10.8. The van der Waals surface area contributed by atoms with Gasteiger partial charge >= 0.3 is 0 Å². The van der Waals surface area contributed by atoms with Crippen LogP contribution in [-0.2, 0) is 4.74 Å². The predicted molar refractivity (Wildman–Crippen MR) is 120 cm³/mol. The molecule has 1 aromatic heterocycles. The number of ether oxygens (including phenoxy) is 1. The molecule has 2 heterocycles. The topological polar surface area (TPSA) is 158 Å². The van der Waals surface area contributed by atoms with Crippen LogP contribution in [0.3, 0.4) is 0 Å². The average Bonchev–Trinajstić information content (AvgIpc) is 3.33. The molecule has 10 nitrogen and oxygen atoms in total. The summed E-state index contributed by atoms with van der Waals surface area (Å²) in [5.74, 6) is -0.0431. The molecule has 1 fully saturated rings. The molecule has 0 saturated carbocycles. The van der Waals surface area contributed by atoms with Gasteiger partial charge in [-0.1, -0.05) is 29.5 Å². The van der Waals surface area contributed by atoms with E-state index in [1.165, 1.54) is 6.92 Å². The number of rotatable bonds is 6. The lowest BCUT2D eigenvalue weighted by atomic mass is 9.88. The number of aliphatic hydroxyl groups excluding tert-OH is 5. The van der Waals surface area contributed by atoms with E-state index in [0.717, 1.165) is 5.56 Å². The third kappa shape index (κ3) is 4.51. The highest BCUT2D eigenvalue weighted by molar-refractivity contribution is 5.95. The first-order valence-corrected chi connectivity index (χ1v) is 10.8. The molecule has 0 amide bonds. The van der Waals surface area contributed by atoms with E-state index in [9.17, 15) is 30.3 Å². The fraction of sp³-hybridized carbons (Fsp3) is 0.375. The number of carbonyl (C=O) groups is 1. The second-order valence-corrected chi connectivity index (χ2v) is 8.46. The first-order chi connectivity index (χ1) is 16.2. The summed E-state index contributed by atoms with van der Waals surface area (Å²) in [6.07, 6.45) is -6.55. The van der Waals surface area contributed by atoms with Crippen LogP contribution >= 0.6 is 0 Å². The Morgan fingerprint density at radius 1 is 1.12 bits per heavy atom. The van der Waals surface area contributed by atoms with Crippen LogP contribution in [0, 0.1) is 6.92 Å². The van der Waals surface area contributed by atoms with Crippen molar-refractivity contribution in [1.82, 2.24) is 15.0 Å². The van der Waals surface area contributed by atoms with Gasteiger partial charge in [0.05, 0.1) is 18.5 Å². The molecule has 2 unspecified atom stereocenters. The molecule has 1 saturated heterocycles. The van der Waals surface area contributed by atoms with Crippen molar-refractivity contribution in [2.75, 3.05) is 6.61 Å². The van der Waals surface area contributed by atoms with Crippen LogP contribution in [0.25, 0.3) is 16.9 Å². The summed E-state index contributed by atoms with van der Waals surface area (Å²) in [7, 11) is 0. The number of aryl methyl sites for hydroxylation is 1. The Kier molecular flexibility index (Phi) is 6.89. The van der Waals surface area contributed by atoms with E-state index in [0.29, 0.717) is 28.1 Å². The van der Waals surface area contributed by atoms with Crippen LogP contribution in [0.1, 0.15) is 34.5 Å². The summed E-state index contributed by atoms with van der Waals surface area (Å²) < 4.78 is 7.05. The lowest BCUT2D eigenvalue weighted by Crippen LogP contribution is -2.59. The van der Waals surface area contributed by atoms with E-state index in [4.69, 9.17) is 4.74 Å². The van der Waals surface area contributed by atoms with Crippen LogP contribution in [0.2, 0.25) is 0 Å². The lowest BCUT2D eigenvalue weighted by Gasteiger charge is -2.42. The Hall–Kier alpha value is -2.99. The number of ketones is 1. The highest BCUT2D eigenvalue weighted by Crippen LogP contribution is 2.32. The van der Waals surface area contributed by atoms with Crippen molar-refractivity contribution in [3.05, 3.63) is 65.4 Å². The zero-order valence-corrected chi connectivity index (χ0v) is 18.7. The number of aliphatic hydroxyl groups is 5. The Bertz CT molecular complexity index is 1180. The van der Waals surface area contributed by atoms with Gasteiger partial charge in [-0.3, -0.25) is 4.79 Å². The molecule has 5 N–H and O–H groups in total. The van der Waals surface area contributed by atoms with E-state index in [1.807, 2.05) is 6.07 Å². The Labute approximate surface area is 195 Å². The molecule has 0 bridgehead atoms. The van der Waals surface area contributed by atoms with Gasteiger partial charge in [-0.05, 0) is 43.2 Å². The lowest BCUT2D eigenvalue weighted by molar-refractivity contribution is -0.250. The van der Waals surface area contributed by atoms with Crippen molar-refractivity contribution in [3.8, 4) is 16.9 Å². The number of Topliss-reactive ketones (excluding diaryl/α,β-unsaturated/α-hetero) is 1. The van der Waals surface area contributed by atoms with Crippen molar-refractivity contribution in [2.24, 2.45) is 0 Å². The summed E-state index contributed by atoms with van der Waals surface area (Å²) in [5, 5.41) is 58.9. The Morgan fingerprint density at radius 3 is 2.56 bits per heavy atom. The van der Waals surface area contributed by atoms with Gasteiger partial charge in [0.25, 0.3) is 0 Å². The van der Waals surface area contributed by atoms with Gasteiger partial charge in [0.15, 0.2) is 5.78 Å². The third-order valence-electron chi connectivity index (χ3n) is 6.14. The van der Waals surface area contributed by atoms with Gasteiger partial charge in [0.2, 0.25) is 0 Å². The van der Waals surface area contributed by atoms with E-state index in [-0.39, 0.29) is 5.78 Å². The second-order valence-electron chi connectivity index (χ2n) is 8.46. The van der Waals surface area contributed by atoms with Gasteiger partial charge in [0, 0.05) is 11.1 Å². The van der Waals surface area contributed by atoms with Gasteiger partial charge in [-0.25, -0.2) is 4.68 Å². The molecule has 4 rings (SSSR count). The van der Waals surface area contributed by atoms with Gasteiger partial charge in [0.1, 0.15) is 42.3 Å². The largest absolute Gasteiger partial charge is 0.394 e. The number of aromatic nitrogens is 3. The number of carbonyl (C=O) groups excluding carboxylic acids is 1. The van der Waals surface area contributed by atoms with E-state index in [2.05, 4.69) is 10.3 Å². The maximum atomic E-state index is 11.7. The second kappa shape index (κ2) is 9.71. The molecule has 0 radical (unpaired) electrons. The van der Waals surface area contributed by atoms with Gasteiger partial charge < -0.3 is 30.3 Å². The zero-order chi connectivity index (χ0) is 24.6. The SMILES string of the molecule is CC(=O)c1cccc(-c2cn(-c3ccc([C@@H](O)[C@H]4OC(CO)[C@@H](O)[C@H](O)C4O)c(C)c3)nn2)c1. The molecule has 3 aromatic rings. The molecule has 0 spiro atoms. The minimum Gasteiger partial charge on any atom is -0.394 e. The highest BCUT2D eigenvalue weighted by atomic mass is 16.6. The average molecular weight is 469 g/mol. The Balaban J connectivity index is 1.57. The number of benzene rings is 2. The van der Waals surface area contributed by atoms with Crippen LogP contribution in [0.15, 0.2) is 48.7 Å². The third-order valence-corrected chi connectivity index (χ3v) is 6.14. The van der Waals surface area contributed by atoms with Crippen molar-refractivity contribution in [3.63, 3.8) is 0 Å². The predicted octanol–water partition coefficient (Wildman–Crippen LogP) is 0.321. The summed E-state index contributed by atoms with van der Waals surface area (Å²) >= 11 is 0. The van der Waals surface area contributed by atoms with Crippen molar-refractivity contribution in [1.29, 1.82) is 0 Å².